The quantitative estimate of drug-likeness (QED) is 0.884. The summed E-state index contributed by atoms with van der Waals surface area (Å²) in [6.45, 7) is 7.84. The monoisotopic (exact) mass is 342 g/mol. The predicted octanol–water partition coefficient (Wildman–Crippen LogP) is 3.92. The zero-order valence-corrected chi connectivity index (χ0v) is 15.1. The summed E-state index contributed by atoms with van der Waals surface area (Å²) in [5.41, 5.74) is 2.79. The highest BCUT2D eigenvalue weighted by Gasteiger charge is 2.30. The largest absolute Gasteiger partial charge is 0.508 e. The smallest absolute Gasteiger partial charge is 0.322 e. The Morgan fingerprint density at radius 2 is 2.08 bits per heavy atom. The maximum atomic E-state index is 12.8. The second-order valence-corrected chi connectivity index (χ2v) is 7.09. The Bertz CT molecular complexity index is 736. The van der Waals surface area contributed by atoms with Gasteiger partial charge in [0.15, 0.2) is 0 Å². The van der Waals surface area contributed by atoms with E-state index in [9.17, 15) is 9.90 Å². The summed E-state index contributed by atoms with van der Waals surface area (Å²) in [7, 11) is 0. The first-order valence-corrected chi connectivity index (χ1v) is 8.84. The Kier molecular flexibility index (Phi) is 4.97. The third-order valence-electron chi connectivity index (χ3n) is 4.67. The first-order chi connectivity index (χ1) is 12.0. The molecule has 6 heteroatoms. The van der Waals surface area contributed by atoms with E-state index in [0.29, 0.717) is 5.92 Å². The van der Waals surface area contributed by atoms with Gasteiger partial charge in [-0.1, -0.05) is 26.0 Å². The minimum absolute atomic E-state index is 0.0478. The SMILES string of the molecule is Cc1c(NC(=O)N2CCCC2c2ccc(O)cc2)cnn1CC(C)C. The summed E-state index contributed by atoms with van der Waals surface area (Å²) in [6.07, 6.45) is 3.63. The Hall–Kier alpha value is -2.50. The number of amides is 2. The van der Waals surface area contributed by atoms with E-state index < -0.39 is 0 Å². The maximum absolute atomic E-state index is 12.8. The first-order valence-electron chi connectivity index (χ1n) is 8.84. The number of nitrogens with one attached hydrogen (secondary N) is 1. The molecule has 1 aromatic heterocycles. The van der Waals surface area contributed by atoms with Gasteiger partial charge in [0.25, 0.3) is 0 Å². The van der Waals surface area contributed by atoms with Crippen LogP contribution >= 0.6 is 0 Å². The highest BCUT2D eigenvalue weighted by molar-refractivity contribution is 5.90. The van der Waals surface area contributed by atoms with E-state index in [-0.39, 0.29) is 17.8 Å². The second-order valence-electron chi connectivity index (χ2n) is 7.09. The number of nitrogens with zero attached hydrogens (tertiary/aromatic N) is 3. The Morgan fingerprint density at radius 1 is 1.36 bits per heavy atom. The average Bonchev–Trinajstić information content (AvgIpc) is 3.17. The summed E-state index contributed by atoms with van der Waals surface area (Å²) < 4.78 is 1.93. The Morgan fingerprint density at radius 3 is 2.76 bits per heavy atom. The zero-order valence-electron chi connectivity index (χ0n) is 15.1. The van der Waals surface area contributed by atoms with Crippen molar-refractivity contribution in [1.29, 1.82) is 0 Å². The molecule has 2 amide bonds. The Labute approximate surface area is 148 Å². The molecular formula is C19H26N4O2. The fourth-order valence-corrected chi connectivity index (χ4v) is 3.34. The van der Waals surface area contributed by atoms with Crippen molar-refractivity contribution in [2.75, 3.05) is 11.9 Å². The van der Waals surface area contributed by atoms with Crippen LogP contribution in [0.3, 0.4) is 0 Å². The number of hydrogen-bond acceptors (Lipinski definition) is 3. The minimum atomic E-state index is -0.0947. The molecule has 0 bridgehead atoms. The summed E-state index contributed by atoms with van der Waals surface area (Å²) in [5, 5.41) is 16.9. The maximum Gasteiger partial charge on any atom is 0.322 e. The zero-order chi connectivity index (χ0) is 18.0. The van der Waals surface area contributed by atoms with Gasteiger partial charge in [0.05, 0.1) is 23.6 Å². The lowest BCUT2D eigenvalue weighted by molar-refractivity contribution is 0.207. The molecule has 25 heavy (non-hydrogen) atoms. The van der Waals surface area contributed by atoms with Gasteiger partial charge < -0.3 is 15.3 Å². The van der Waals surface area contributed by atoms with Crippen molar-refractivity contribution in [1.82, 2.24) is 14.7 Å². The molecule has 0 radical (unpaired) electrons. The van der Waals surface area contributed by atoms with Crippen LogP contribution in [0.25, 0.3) is 0 Å². The van der Waals surface area contributed by atoms with E-state index in [1.54, 1.807) is 18.3 Å². The number of rotatable bonds is 4. The number of aromatic hydroxyl groups is 1. The number of urea groups is 1. The number of carbonyl (C=O) groups is 1. The fourth-order valence-electron chi connectivity index (χ4n) is 3.34. The molecule has 1 aromatic carbocycles. The number of anilines is 1. The van der Waals surface area contributed by atoms with Crippen molar-refractivity contribution in [2.24, 2.45) is 5.92 Å². The van der Waals surface area contributed by atoms with Crippen LogP contribution in [0.4, 0.5) is 10.5 Å². The van der Waals surface area contributed by atoms with Gasteiger partial charge in [-0.3, -0.25) is 4.68 Å². The van der Waals surface area contributed by atoms with Gasteiger partial charge in [0.2, 0.25) is 0 Å². The first kappa shape index (κ1) is 17.3. The number of phenolic OH excluding ortho intramolecular Hbond substituents is 1. The molecule has 1 saturated heterocycles. The summed E-state index contributed by atoms with van der Waals surface area (Å²) in [4.78, 5) is 14.6. The molecule has 134 valence electrons. The van der Waals surface area contributed by atoms with Gasteiger partial charge in [-0.15, -0.1) is 0 Å². The standard InChI is InChI=1S/C19H26N4O2/c1-13(2)12-23-14(3)17(11-20-23)21-19(25)22-10-4-5-18(22)15-6-8-16(24)9-7-15/h6-9,11,13,18,24H,4-5,10,12H2,1-3H3,(H,21,25). The van der Waals surface area contributed by atoms with Crippen LogP contribution in [0.15, 0.2) is 30.5 Å². The van der Waals surface area contributed by atoms with Crippen LogP contribution in [-0.2, 0) is 6.54 Å². The molecule has 3 rings (SSSR count). The van der Waals surface area contributed by atoms with Crippen LogP contribution in [0.1, 0.15) is 44.0 Å². The third-order valence-corrected chi connectivity index (χ3v) is 4.67. The molecule has 2 heterocycles. The van der Waals surface area contributed by atoms with Crippen LogP contribution in [0.5, 0.6) is 5.75 Å². The molecular weight excluding hydrogens is 316 g/mol. The van der Waals surface area contributed by atoms with E-state index in [1.165, 1.54) is 0 Å². The van der Waals surface area contributed by atoms with Crippen molar-refractivity contribution >= 4 is 11.7 Å². The van der Waals surface area contributed by atoms with E-state index >= 15 is 0 Å². The molecule has 1 aliphatic rings. The van der Waals surface area contributed by atoms with Crippen molar-refractivity contribution in [3.8, 4) is 5.75 Å². The van der Waals surface area contributed by atoms with Crippen LogP contribution in [-0.4, -0.2) is 32.4 Å². The van der Waals surface area contributed by atoms with E-state index in [4.69, 9.17) is 0 Å². The molecule has 0 aliphatic carbocycles. The molecule has 2 aromatic rings. The highest BCUT2D eigenvalue weighted by Crippen LogP contribution is 2.33. The molecule has 1 unspecified atom stereocenters. The van der Waals surface area contributed by atoms with Gasteiger partial charge in [-0.2, -0.15) is 5.10 Å². The minimum Gasteiger partial charge on any atom is -0.508 e. The summed E-state index contributed by atoms with van der Waals surface area (Å²) in [6, 6.07) is 7.07. The van der Waals surface area contributed by atoms with Crippen molar-refractivity contribution in [2.45, 2.75) is 46.2 Å². The van der Waals surface area contributed by atoms with Crippen molar-refractivity contribution in [3.05, 3.63) is 41.7 Å². The van der Waals surface area contributed by atoms with Crippen molar-refractivity contribution in [3.63, 3.8) is 0 Å². The summed E-state index contributed by atoms with van der Waals surface area (Å²) >= 11 is 0. The fraction of sp³-hybridized carbons (Fsp3) is 0.474. The highest BCUT2D eigenvalue weighted by atomic mass is 16.3. The van der Waals surface area contributed by atoms with Gasteiger partial charge in [0, 0.05) is 13.1 Å². The molecule has 0 spiro atoms. The third kappa shape index (κ3) is 3.78. The van der Waals surface area contributed by atoms with E-state index in [1.807, 2.05) is 28.6 Å². The lowest BCUT2D eigenvalue weighted by Gasteiger charge is -2.25. The van der Waals surface area contributed by atoms with Gasteiger partial charge in [0.1, 0.15) is 5.75 Å². The molecule has 0 saturated carbocycles. The van der Waals surface area contributed by atoms with Gasteiger partial charge >= 0.3 is 6.03 Å². The van der Waals surface area contributed by atoms with Gasteiger partial charge in [-0.25, -0.2) is 4.79 Å². The van der Waals surface area contributed by atoms with Crippen LogP contribution < -0.4 is 5.32 Å². The molecule has 6 nitrogen and oxygen atoms in total. The van der Waals surface area contributed by atoms with Crippen molar-refractivity contribution < 1.29 is 9.90 Å². The molecule has 1 aliphatic heterocycles. The van der Waals surface area contributed by atoms with Crippen LogP contribution in [0, 0.1) is 12.8 Å². The normalized spacial score (nSPS) is 17.3. The predicted molar refractivity (Wildman–Crippen MR) is 97.6 cm³/mol. The van der Waals surface area contributed by atoms with Crippen LogP contribution in [0.2, 0.25) is 0 Å². The average molecular weight is 342 g/mol. The lowest BCUT2D eigenvalue weighted by atomic mass is 10.0. The number of benzene rings is 1. The lowest BCUT2D eigenvalue weighted by Crippen LogP contribution is -2.34. The molecule has 1 atom stereocenters. The number of hydrogen-bond donors (Lipinski definition) is 2. The molecule has 2 N–H and O–H groups in total. The Balaban J connectivity index is 1.72. The summed E-state index contributed by atoms with van der Waals surface area (Å²) in [5.74, 6) is 0.741. The van der Waals surface area contributed by atoms with E-state index in [2.05, 4.69) is 24.3 Å². The number of aromatic nitrogens is 2. The topological polar surface area (TPSA) is 70.4 Å². The number of likely N-dealkylation sites (tertiary alicyclic amines) is 1. The number of phenols is 1. The second kappa shape index (κ2) is 7.17. The van der Waals surface area contributed by atoms with Gasteiger partial charge in [-0.05, 0) is 43.4 Å². The number of carbonyl (C=O) groups excluding carboxylic acids is 1. The molecule has 1 fully saturated rings. The van der Waals surface area contributed by atoms with E-state index in [0.717, 1.165) is 42.9 Å².